The minimum atomic E-state index is -0.160. The van der Waals surface area contributed by atoms with Crippen molar-refractivity contribution in [2.75, 3.05) is 25.0 Å². The van der Waals surface area contributed by atoms with Crippen molar-refractivity contribution in [2.24, 2.45) is 0 Å². The Morgan fingerprint density at radius 1 is 1.31 bits per heavy atom. The average Bonchev–Trinajstić information content (AvgIpc) is 3.09. The molecule has 2 aliphatic rings. The maximum Gasteiger partial charge on any atom is 0.257 e. The zero-order valence-electron chi connectivity index (χ0n) is 15.0. The molecule has 1 N–H and O–H groups in total. The minimum absolute atomic E-state index is 0.0502. The summed E-state index contributed by atoms with van der Waals surface area (Å²) >= 11 is 0. The van der Waals surface area contributed by atoms with Gasteiger partial charge in [0.15, 0.2) is 0 Å². The molecule has 2 aromatic heterocycles. The lowest BCUT2D eigenvalue weighted by Gasteiger charge is -2.46. The second-order valence-corrected chi connectivity index (χ2v) is 7.12. The standard InChI is InChI=1S/C19H24N4O3/c1-14-16(4-11-25-14)17(24)23-9-5-19(6-10-23)13-15(3-12-26-19)22-18-20-7-2-8-21-18/h2,4,7-8,11,15H,3,5-6,9-10,12-13H2,1H3,(H,20,21,22). The summed E-state index contributed by atoms with van der Waals surface area (Å²) in [6.45, 7) is 3.96. The highest BCUT2D eigenvalue weighted by atomic mass is 16.5. The molecule has 1 unspecified atom stereocenters. The number of hydrogen-bond acceptors (Lipinski definition) is 6. The molecule has 1 spiro atoms. The van der Waals surface area contributed by atoms with Crippen molar-refractivity contribution in [2.45, 2.75) is 44.2 Å². The highest BCUT2D eigenvalue weighted by molar-refractivity contribution is 5.95. The molecule has 26 heavy (non-hydrogen) atoms. The number of anilines is 1. The molecule has 4 heterocycles. The largest absolute Gasteiger partial charge is 0.469 e. The van der Waals surface area contributed by atoms with Gasteiger partial charge in [-0.3, -0.25) is 4.79 Å². The number of piperidine rings is 1. The summed E-state index contributed by atoms with van der Waals surface area (Å²) in [7, 11) is 0. The van der Waals surface area contributed by atoms with Crippen molar-refractivity contribution in [1.29, 1.82) is 0 Å². The first-order valence-electron chi connectivity index (χ1n) is 9.16. The zero-order valence-corrected chi connectivity index (χ0v) is 15.0. The predicted molar refractivity (Wildman–Crippen MR) is 95.9 cm³/mol. The van der Waals surface area contributed by atoms with E-state index in [9.17, 15) is 4.79 Å². The molecule has 0 aliphatic carbocycles. The van der Waals surface area contributed by atoms with Crippen LogP contribution in [0.4, 0.5) is 5.95 Å². The third-order valence-electron chi connectivity index (χ3n) is 5.44. The van der Waals surface area contributed by atoms with Crippen LogP contribution in [0.25, 0.3) is 0 Å². The fourth-order valence-electron chi connectivity index (χ4n) is 3.95. The number of hydrogen-bond donors (Lipinski definition) is 1. The van der Waals surface area contributed by atoms with E-state index in [0.717, 1.165) is 32.3 Å². The van der Waals surface area contributed by atoms with E-state index in [4.69, 9.17) is 9.15 Å². The Labute approximate surface area is 152 Å². The highest BCUT2D eigenvalue weighted by Crippen LogP contribution is 2.36. The Kier molecular flexibility index (Phi) is 4.63. The maximum absolute atomic E-state index is 12.7. The van der Waals surface area contributed by atoms with Crippen LogP contribution >= 0.6 is 0 Å². The van der Waals surface area contributed by atoms with E-state index in [0.29, 0.717) is 36.4 Å². The van der Waals surface area contributed by atoms with E-state index < -0.39 is 0 Å². The van der Waals surface area contributed by atoms with Gasteiger partial charge in [-0.25, -0.2) is 9.97 Å². The van der Waals surface area contributed by atoms with Gasteiger partial charge in [-0.2, -0.15) is 0 Å². The van der Waals surface area contributed by atoms with E-state index in [1.807, 2.05) is 17.9 Å². The first-order valence-corrected chi connectivity index (χ1v) is 9.16. The normalized spacial score (nSPS) is 22.3. The minimum Gasteiger partial charge on any atom is -0.469 e. The van der Waals surface area contributed by atoms with E-state index in [2.05, 4.69) is 15.3 Å². The molecular weight excluding hydrogens is 332 g/mol. The lowest BCUT2D eigenvalue weighted by Crippen LogP contribution is -2.52. The van der Waals surface area contributed by atoms with Gasteiger partial charge in [-0.1, -0.05) is 0 Å². The number of nitrogens with zero attached hydrogens (tertiary/aromatic N) is 3. The molecule has 2 fully saturated rings. The average molecular weight is 356 g/mol. The van der Waals surface area contributed by atoms with Gasteiger partial charge < -0.3 is 19.4 Å². The van der Waals surface area contributed by atoms with Crippen LogP contribution in [-0.4, -0.2) is 52.1 Å². The Bertz CT molecular complexity index is 753. The zero-order chi connectivity index (χ0) is 18.0. The molecule has 1 atom stereocenters. The summed E-state index contributed by atoms with van der Waals surface area (Å²) in [4.78, 5) is 23.1. The van der Waals surface area contributed by atoms with Crippen LogP contribution in [0.1, 0.15) is 41.8 Å². The number of aromatic nitrogens is 2. The Hall–Kier alpha value is -2.41. The summed E-state index contributed by atoms with van der Waals surface area (Å²) in [6.07, 6.45) is 8.61. The number of nitrogens with one attached hydrogen (secondary N) is 1. The molecule has 1 amide bonds. The number of furan rings is 1. The van der Waals surface area contributed by atoms with Gasteiger partial charge in [0.25, 0.3) is 5.91 Å². The van der Waals surface area contributed by atoms with Crippen LogP contribution in [0.2, 0.25) is 0 Å². The molecule has 4 rings (SSSR count). The number of carbonyl (C=O) groups is 1. The number of aryl methyl sites for hydroxylation is 1. The van der Waals surface area contributed by atoms with E-state index in [1.54, 1.807) is 24.7 Å². The van der Waals surface area contributed by atoms with Gasteiger partial charge in [0.2, 0.25) is 5.95 Å². The molecule has 138 valence electrons. The molecule has 0 aromatic carbocycles. The first kappa shape index (κ1) is 17.0. The fourth-order valence-corrected chi connectivity index (χ4v) is 3.95. The van der Waals surface area contributed by atoms with E-state index in [-0.39, 0.29) is 11.5 Å². The SMILES string of the molecule is Cc1occc1C(=O)N1CCC2(CC1)CC(Nc1ncccn1)CCO2. The quantitative estimate of drug-likeness (QED) is 0.911. The maximum atomic E-state index is 12.7. The van der Waals surface area contributed by atoms with Crippen LogP contribution in [0.3, 0.4) is 0 Å². The summed E-state index contributed by atoms with van der Waals surface area (Å²) < 4.78 is 11.4. The third-order valence-corrected chi connectivity index (χ3v) is 5.44. The summed E-state index contributed by atoms with van der Waals surface area (Å²) in [5.74, 6) is 1.39. The molecule has 0 saturated carbocycles. The Morgan fingerprint density at radius 2 is 2.08 bits per heavy atom. The summed E-state index contributed by atoms with van der Waals surface area (Å²) in [6, 6.07) is 3.86. The van der Waals surface area contributed by atoms with E-state index >= 15 is 0 Å². The highest BCUT2D eigenvalue weighted by Gasteiger charge is 2.41. The van der Waals surface area contributed by atoms with Gasteiger partial charge in [0.05, 0.1) is 17.4 Å². The van der Waals surface area contributed by atoms with Crippen LogP contribution in [0.15, 0.2) is 35.2 Å². The molecule has 0 radical (unpaired) electrons. The Morgan fingerprint density at radius 3 is 2.77 bits per heavy atom. The van der Waals surface area contributed by atoms with Crippen LogP contribution in [0, 0.1) is 6.92 Å². The molecule has 7 heteroatoms. The van der Waals surface area contributed by atoms with Crippen LogP contribution in [-0.2, 0) is 4.74 Å². The smallest absolute Gasteiger partial charge is 0.257 e. The van der Waals surface area contributed by atoms with E-state index in [1.165, 1.54) is 0 Å². The lowest BCUT2D eigenvalue weighted by atomic mass is 9.82. The summed E-state index contributed by atoms with van der Waals surface area (Å²) in [5.41, 5.74) is 0.499. The number of rotatable bonds is 3. The second-order valence-electron chi connectivity index (χ2n) is 7.12. The Balaban J connectivity index is 1.37. The predicted octanol–water partition coefficient (Wildman–Crippen LogP) is 2.64. The van der Waals surface area contributed by atoms with Crippen molar-refractivity contribution in [1.82, 2.24) is 14.9 Å². The molecule has 2 aromatic rings. The van der Waals surface area contributed by atoms with Gasteiger partial charge in [0, 0.05) is 38.1 Å². The molecular formula is C19H24N4O3. The second kappa shape index (κ2) is 7.07. The lowest BCUT2D eigenvalue weighted by molar-refractivity contribution is -0.110. The molecule has 0 bridgehead atoms. The third kappa shape index (κ3) is 3.44. The van der Waals surface area contributed by atoms with Crippen molar-refractivity contribution >= 4 is 11.9 Å². The molecule has 7 nitrogen and oxygen atoms in total. The van der Waals surface area contributed by atoms with Crippen molar-refractivity contribution in [3.63, 3.8) is 0 Å². The number of amides is 1. The van der Waals surface area contributed by atoms with Gasteiger partial charge in [0.1, 0.15) is 5.76 Å². The van der Waals surface area contributed by atoms with Gasteiger partial charge in [-0.15, -0.1) is 0 Å². The molecule has 2 aliphatic heterocycles. The first-order chi connectivity index (χ1) is 12.7. The molecule has 2 saturated heterocycles. The number of ether oxygens (including phenoxy) is 1. The van der Waals surface area contributed by atoms with Crippen LogP contribution in [0.5, 0.6) is 0 Å². The van der Waals surface area contributed by atoms with Crippen molar-refractivity contribution in [3.05, 3.63) is 42.1 Å². The number of carbonyl (C=O) groups excluding carboxylic acids is 1. The monoisotopic (exact) mass is 356 g/mol. The van der Waals surface area contributed by atoms with Crippen molar-refractivity contribution in [3.8, 4) is 0 Å². The van der Waals surface area contributed by atoms with Crippen LogP contribution < -0.4 is 5.32 Å². The van der Waals surface area contributed by atoms with Crippen molar-refractivity contribution < 1.29 is 13.9 Å². The van der Waals surface area contributed by atoms with Gasteiger partial charge in [-0.05, 0) is 44.7 Å². The fraction of sp³-hybridized carbons (Fsp3) is 0.526. The number of likely N-dealkylation sites (tertiary alicyclic amines) is 1. The summed E-state index contributed by atoms with van der Waals surface area (Å²) in [5, 5.41) is 3.42. The van der Waals surface area contributed by atoms with Gasteiger partial charge >= 0.3 is 0 Å². The topological polar surface area (TPSA) is 80.5 Å².